The molecule has 5 amide bonds. The molecule has 1 saturated carbocycles. The van der Waals surface area contributed by atoms with E-state index in [-0.39, 0.29) is 37.8 Å². The second-order valence-electron chi connectivity index (χ2n) is 13.8. The van der Waals surface area contributed by atoms with Crippen molar-refractivity contribution in [2.45, 2.75) is 115 Å². The molecule has 1 aromatic rings. The number of amides is 5. The summed E-state index contributed by atoms with van der Waals surface area (Å²) in [5.74, 6) is -2.50. The van der Waals surface area contributed by atoms with E-state index >= 15 is 0 Å². The molecule has 1 aromatic carbocycles. The molecule has 48 heavy (non-hydrogen) atoms. The minimum atomic E-state index is -1.25. The second-order valence-corrected chi connectivity index (χ2v) is 13.8. The lowest BCUT2D eigenvalue weighted by Gasteiger charge is -2.30. The van der Waals surface area contributed by atoms with Crippen molar-refractivity contribution in [3.63, 3.8) is 0 Å². The van der Waals surface area contributed by atoms with Gasteiger partial charge in [-0.3, -0.25) is 24.0 Å². The van der Waals surface area contributed by atoms with Crippen LogP contribution in [0.1, 0.15) is 84.6 Å². The molecule has 0 unspecified atom stereocenters. The highest BCUT2D eigenvalue weighted by atomic mass is 16.6. The molecule has 13 nitrogen and oxygen atoms in total. The number of carbonyl (C=O) groups is 6. The van der Waals surface area contributed by atoms with Gasteiger partial charge in [0.25, 0.3) is 0 Å². The summed E-state index contributed by atoms with van der Waals surface area (Å²) in [6.45, 7) is 6.84. The summed E-state index contributed by atoms with van der Waals surface area (Å²) >= 11 is 0. The predicted octanol–water partition coefficient (Wildman–Crippen LogP) is 2.63. The SMILES string of the molecule is CC(=O)O[C@@H]1C[C@H]2C(=O)N[C@]3(C(=O)NCCC(=O)NCc4ccccc4)C[C@H]3C=CCCCCC[C@H](NC(=O)OC(C)(C)C)C(=O)N2C1. The highest BCUT2D eigenvalue weighted by molar-refractivity contribution is 5.98. The topological polar surface area (TPSA) is 172 Å². The third-order valence-corrected chi connectivity index (χ3v) is 8.64. The van der Waals surface area contributed by atoms with Gasteiger partial charge in [-0.1, -0.05) is 55.3 Å². The van der Waals surface area contributed by atoms with Crippen LogP contribution in [0.15, 0.2) is 42.5 Å². The molecule has 0 bridgehead atoms. The Kier molecular flexibility index (Phi) is 12.2. The minimum absolute atomic E-state index is 0.0378. The highest BCUT2D eigenvalue weighted by Gasteiger charge is 2.61. The third kappa shape index (κ3) is 10.3. The number of hydrogen-bond donors (Lipinski definition) is 4. The Balaban J connectivity index is 1.48. The van der Waals surface area contributed by atoms with E-state index in [1.54, 1.807) is 20.8 Å². The lowest BCUT2D eigenvalue weighted by Crippen LogP contribution is -2.58. The van der Waals surface area contributed by atoms with Crippen molar-refractivity contribution >= 4 is 35.7 Å². The Hall–Kier alpha value is -4.42. The summed E-state index contributed by atoms with van der Waals surface area (Å²) < 4.78 is 10.8. The van der Waals surface area contributed by atoms with Crippen LogP contribution in [-0.2, 0) is 40.0 Å². The maximum Gasteiger partial charge on any atom is 0.408 e. The van der Waals surface area contributed by atoms with Crippen LogP contribution in [0.4, 0.5) is 4.79 Å². The number of benzene rings is 1. The smallest absolute Gasteiger partial charge is 0.408 e. The number of nitrogens with zero attached hydrogens (tertiary/aromatic N) is 1. The number of nitrogens with one attached hydrogen (secondary N) is 4. The van der Waals surface area contributed by atoms with Gasteiger partial charge in [-0.15, -0.1) is 0 Å². The molecule has 4 N–H and O–H groups in total. The first kappa shape index (κ1) is 36.4. The van der Waals surface area contributed by atoms with Gasteiger partial charge in [0, 0.05) is 38.8 Å². The Labute approximate surface area is 281 Å². The van der Waals surface area contributed by atoms with Crippen LogP contribution in [0.25, 0.3) is 0 Å². The molecular formula is C35H49N5O8. The maximum atomic E-state index is 14.0. The number of allylic oxidation sites excluding steroid dienone is 1. The lowest BCUT2D eigenvalue weighted by molar-refractivity contribution is -0.146. The van der Waals surface area contributed by atoms with E-state index in [1.165, 1.54) is 11.8 Å². The lowest BCUT2D eigenvalue weighted by atomic mass is 10.0. The van der Waals surface area contributed by atoms with Crippen LogP contribution in [0.3, 0.4) is 0 Å². The first-order valence-electron chi connectivity index (χ1n) is 16.8. The molecule has 2 fully saturated rings. The number of alkyl carbamates (subject to hydrolysis) is 1. The summed E-state index contributed by atoms with van der Waals surface area (Å²) in [4.78, 5) is 79.9. The van der Waals surface area contributed by atoms with E-state index < -0.39 is 59.1 Å². The predicted molar refractivity (Wildman–Crippen MR) is 176 cm³/mol. The molecule has 1 saturated heterocycles. The quantitative estimate of drug-likeness (QED) is 0.242. The molecule has 1 aliphatic carbocycles. The molecule has 3 aliphatic rings. The summed E-state index contributed by atoms with van der Waals surface area (Å²) in [7, 11) is 0. The normalized spacial score (nSPS) is 26.0. The van der Waals surface area contributed by atoms with Crippen LogP contribution in [0.2, 0.25) is 0 Å². The second kappa shape index (κ2) is 16.1. The zero-order valence-corrected chi connectivity index (χ0v) is 28.3. The molecule has 2 heterocycles. The van der Waals surface area contributed by atoms with Gasteiger partial charge < -0.3 is 35.6 Å². The minimum Gasteiger partial charge on any atom is -0.461 e. The molecule has 262 valence electrons. The monoisotopic (exact) mass is 667 g/mol. The van der Waals surface area contributed by atoms with Gasteiger partial charge in [-0.05, 0) is 52.0 Å². The van der Waals surface area contributed by atoms with Gasteiger partial charge in [0.1, 0.15) is 29.3 Å². The Morgan fingerprint density at radius 3 is 2.50 bits per heavy atom. The van der Waals surface area contributed by atoms with Gasteiger partial charge in [0.05, 0.1) is 6.54 Å². The van der Waals surface area contributed by atoms with Crippen molar-refractivity contribution in [1.82, 2.24) is 26.2 Å². The molecule has 5 atom stereocenters. The molecule has 0 aromatic heterocycles. The standard InChI is InChI=1S/C35H49N5O8/c1-23(41)47-26-19-28-30(43)39-35(32(45)36-18-17-29(42)37-21-24-13-9-8-10-14-24)20-25(35)15-11-6-5-7-12-16-27(31(44)40(28)22-26)38-33(46)48-34(2,3)4/h8-11,13-15,25-28H,5-7,12,16-22H2,1-4H3,(H,36,45)(H,37,42)(H,38,46)(H,39,43)/t25-,26-,27+,28+,35-/m1/s1. The van der Waals surface area contributed by atoms with Crippen molar-refractivity contribution in [3.05, 3.63) is 48.0 Å². The molecule has 4 rings (SSSR count). The van der Waals surface area contributed by atoms with Crippen LogP contribution in [-0.4, -0.2) is 83.0 Å². The number of fused-ring (bicyclic) bond motifs is 2. The van der Waals surface area contributed by atoms with E-state index in [2.05, 4.69) is 21.3 Å². The fraction of sp³-hybridized carbons (Fsp3) is 0.600. The van der Waals surface area contributed by atoms with Crippen LogP contribution < -0.4 is 21.3 Å². The summed E-state index contributed by atoms with van der Waals surface area (Å²) in [5, 5.41) is 11.3. The maximum absolute atomic E-state index is 14.0. The molecular weight excluding hydrogens is 618 g/mol. The first-order chi connectivity index (χ1) is 22.8. The average Bonchev–Trinajstić information content (AvgIpc) is 3.55. The number of carbonyl (C=O) groups excluding carboxylic acids is 6. The van der Waals surface area contributed by atoms with Gasteiger partial charge in [-0.2, -0.15) is 0 Å². The van der Waals surface area contributed by atoms with E-state index in [0.717, 1.165) is 24.8 Å². The van der Waals surface area contributed by atoms with Crippen molar-refractivity contribution in [1.29, 1.82) is 0 Å². The molecule has 2 aliphatic heterocycles. The van der Waals surface area contributed by atoms with E-state index in [9.17, 15) is 28.8 Å². The van der Waals surface area contributed by atoms with Gasteiger partial charge in [0.2, 0.25) is 23.6 Å². The Morgan fingerprint density at radius 1 is 1.04 bits per heavy atom. The number of ether oxygens (including phenoxy) is 2. The fourth-order valence-electron chi connectivity index (χ4n) is 6.18. The van der Waals surface area contributed by atoms with Crippen LogP contribution in [0.5, 0.6) is 0 Å². The Bertz CT molecular complexity index is 1380. The molecule has 0 spiro atoms. The van der Waals surface area contributed by atoms with Crippen molar-refractivity contribution < 1.29 is 38.2 Å². The van der Waals surface area contributed by atoms with E-state index in [1.807, 2.05) is 42.5 Å². The molecule has 0 radical (unpaired) electrons. The highest BCUT2D eigenvalue weighted by Crippen LogP contribution is 2.45. The van der Waals surface area contributed by atoms with Gasteiger partial charge in [-0.25, -0.2) is 4.79 Å². The van der Waals surface area contributed by atoms with Crippen molar-refractivity contribution in [2.75, 3.05) is 13.1 Å². The van der Waals surface area contributed by atoms with Crippen LogP contribution in [0, 0.1) is 5.92 Å². The molecule has 13 heteroatoms. The number of rotatable bonds is 8. The van der Waals surface area contributed by atoms with Gasteiger partial charge in [0.15, 0.2) is 0 Å². The first-order valence-corrected chi connectivity index (χ1v) is 16.8. The summed E-state index contributed by atoms with van der Waals surface area (Å²) in [6.07, 6.45) is 6.27. The van der Waals surface area contributed by atoms with Gasteiger partial charge >= 0.3 is 12.1 Å². The summed E-state index contributed by atoms with van der Waals surface area (Å²) in [5.41, 5.74) is -1.07. The Morgan fingerprint density at radius 2 is 1.79 bits per heavy atom. The third-order valence-electron chi connectivity index (χ3n) is 8.64. The van der Waals surface area contributed by atoms with E-state index in [0.29, 0.717) is 25.8 Å². The zero-order chi connectivity index (χ0) is 34.9. The fourth-order valence-corrected chi connectivity index (χ4v) is 6.18. The largest absolute Gasteiger partial charge is 0.461 e. The van der Waals surface area contributed by atoms with Crippen molar-refractivity contribution in [2.24, 2.45) is 5.92 Å². The van der Waals surface area contributed by atoms with Crippen LogP contribution >= 0.6 is 0 Å². The average molecular weight is 668 g/mol. The zero-order valence-electron chi connectivity index (χ0n) is 28.3. The van der Waals surface area contributed by atoms with E-state index in [4.69, 9.17) is 9.47 Å². The number of esters is 1. The summed E-state index contributed by atoms with van der Waals surface area (Å²) in [6, 6.07) is 7.47. The van der Waals surface area contributed by atoms with Crippen molar-refractivity contribution in [3.8, 4) is 0 Å². The number of hydrogen-bond acceptors (Lipinski definition) is 8.